The highest BCUT2D eigenvalue weighted by Crippen LogP contribution is 2.36. The summed E-state index contributed by atoms with van der Waals surface area (Å²) in [6.45, 7) is 0. The lowest BCUT2D eigenvalue weighted by Gasteiger charge is -2.03. The van der Waals surface area contributed by atoms with Gasteiger partial charge in [-0.3, -0.25) is 15.1 Å². The molecule has 5 nitrogen and oxygen atoms in total. The van der Waals surface area contributed by atoms with Crippen molar-refractivity contribution in [3.8, 4) is 0 Å². The van der Waals surface area contributed by atoms with Gasteiger partial charge >= 0.3 is 0 Å². The summed E-state index contributed by atoms with van der Waals surface area (Å²) in [7, 11) is 0. The van der Waals surface area contributed by atoms with E-state index in [2.05, 4.69) is 20.5 Å². The molecule has 10 heteroatoms. The predicted octanol–water partition coefficient (Wildman–Crippen LogP) is 5.42. The molecule has 0 saturated heterocycles. The van der Waals surface area contributed by atoms with Gasteiger partial charge in [0.15, 0.2) is 4.34 Å². The molecule has 2 aromatic carbocycles. The Morgan fingerprint density at radius 2 is 1.96 bits per heavy atom. The fraction of sp³-hybridized carbons (Fsp3) is 0. The molecule has 1 N–H and O–H groups in total. The molecule has 0 aliphatic heterocycles. The van der Waals surface area contributed by atoms with E-state index in [1.54, 1.807) is 18.3 Å². The maximum absolute atomic E-state index is 13.7. The van der Waals surface area contributed by atoms with Crippen LogP contribution in [0, 0.1) is 11.6 Å². The monoisotopic (exact) mass is 434 g/mol. The number of rotatable bonds is 4. The lowest BCUT2D eigenvalue weighted by Crippen LogP contribution is -2.13. The van der Waals surface area contributed by atoms with Crippen molar-refractivity contribution in [1.29, 1.82) is 0 Å². The number of aromatic nitrogens is 3. The van der Waals surface area contributed by atoms with Crippen molar-refractivity contribution in [2.75, 3.05) is 5.32 Å². The molecule has 2 aromatic heterocycles. The quantitative estimate of drug-likeness (QED) is 0.434. The summed E-state index contributed by atoms with van der Waals surface area (Å²) in [6.07, 6.45) is 1.67. The molecule has 2 heterocycles. The van der Waals surface area contributed by atoms with E-state index in [9.17, 15) is 13.6 Å². The van der Waals surface area contributed by atoms with Gasteiger partial charge in [0.1, 0.15) is 11.6 Å². The molecule has 140 valence electrons. The number of anilines is 1. The molecule has 0 atom stereocenters. The number of carbonyl (C=O) groups is 1. The SMILES string of the molecule is O=C(Nc1nnc(Sc2ccnc3cc(Cl)ccc23)s1)c1ccc(F)cc1F. The number of nitrogens with zero attached hydrogens (tertiary/aromatic N) is 3. The zero-order chi connectivity index (χ0) is 19.7. The Morgan fingerprint density at radius 3 is 2.79 bits per heavy atom. The summed E-state index contributed by atoms with van der Waals surface area (Å²) in [5, 5.41) is 12.1. The van der Waals surface area contributed by atoms with Crippen molar-refractivity contribution < 1.29 is 13.6 Å². The number of halogens is 3. The van der Waals surface area contributed by atoms with Crippen molar-refractivity contribution in [2.24, 2.45) is 0 Å². The second-order valence-corrected chi connectivity index (χ2v) is 8.23. The van der Waals surface area contributed by atoms with Crippen molar-refractivity contribution in [2.45, 2.75) is 9.24 Å². The first-order valence-corrected chi connectivity index (χ1v) is 9.83. The Bertz CT molecular complexity index is 1200. The highest BCUT2D eigenvalue weighted by molar-refractivity contribution is 8.01. The molecule has 0 spiro atoms. The van der Waals surface area contributed by atoms with Crippen LogP contribution in [0.15, 0.2) is 57.9 Å². The first kappa shape index (κ1) is 18.7. The number of carbonyl (C=O) groups excluding carboxylic acids is 1. The van der Waals surface area contributed by atoms with Gasteiger partial charge in [-0.2, -0.15) is 0 Å². The zero-order valence-electron chi connectivity index (χ0n) is 13.8. The Balaban J connectivity index is 1.53. The number of hydrogen-bond donors (Lipinski definition) is 1. The van der Waals surface area contributed by atoms with Gasteiger partial charge in [0.2, 0.25) is 5.13 Å². The van der Waals surface area contributed by atoms with Gasteiger partial charge in [0.05, 0.1) is 11.1 Å². The van der Waals surface area contributed by atoms with Crippen LogP contribution in [0.5, 0.6) is 0 Å². The summed E-state index contributed by atoms with van der Waals surface area (Å²) in [5.74, 6) is -2.43. The molecular formula is C18H9ClF2N4OS2. The normalized spacial score (nSPS) is 11.0. The Labute approximate surface area is 170 Å². The minimum absolute atomic E-state index is 0.206. The van der Waals surface area contributed by atoms with E-state index in [0.29, 0.717) is 15.4 Å². The predicted molar refractivity (Wildman–Crippen MR) is 105 cm³/mol. The van der Waals surface area contributed by atoms with E-state index in [4.69, 9.17) is 11.6 Å². The molecule has 4 aromatic rings. The second-order valence-electron chi connectivity index (χ2n) is 5.52. The first-order valence-electron chi connectivity index (χ1n) is 7.81. The molecule has 0 saturated carbocycles. The topological polar surface area (TPSA) is 67.8 Å². The number of pyridine rings is 1. The van der Waals surface area contributed by atoms with Gasteiger partial charge in [-0.05, 0) is 30.3 Å². The number of nitrogens with one attached hydrogen (secondary N) is 1. The van der Waals surface area contributed by atoms with Gasteiger partial charge in [-0.15, -0.1) is 10.2 Å². The van der Waals surface area contributed by atoms with Crippen LogP contribution in [0.25, 0.3) is 10.9 Å². The van der Waals surface area contributed by atoms with Crippen molar-refractivity contribution in [3.05, 3.63) is 70.9 Å². The maximum atomic E-state index is 13.7. The number of hydrogen-bond acceptors (Lipinski definition) is 6. The van der Waals surface area contributed by atoms with E-state index < -0.39 is 17.5 Å². The van der Waals surface area contributed by atoms with Gasteiger partial charge in [0.25, 0.3) is 5.91 Å². The molecule has 28 heavy (non-hydrogen) atoms. The fourth-order valence-electron chi connectivity index (χ4n) is 2.42. The fourth-order valence-corrected chi connectivity index (χ4v) is 4.41. The maximum Gasteiger partial charge on any atom is 0.260 e. The van der Waals surface area contributed by atoms with Crippen molar-refractivity contribution in [1.82, 2.24) is 15.2 Å². The lowest BCUT2D eigenvalue weighted by atomic mass is 10.2. The molecule has 0 aliphatic rings. The average Bonchev–Trinajstić information content (AvgIpc) is 3.08. The Hall–Kier alpha value is -2.62. The smallest absolute Gasteiger partial charge is 0.260 e. The van der Waals surface area contributed by atoms with E-state index >= 15 is 0 Å². The average molecular weight is 435 g/mol. The molecule has 1 amide bonds. The molecule has 4 rings (SSSR count). The van der Waals surface area contributed by atoms with Gasteiger partial charge in [-0.1, -0.05) is 40.8 Å². The van der Waals surface area contributed by atoms with Gasteiger partial charge < -0.3 is 0 Å². The minimum atomic E-state index is -0.946. The molecule has 0 radical (unpaired) electrons. The van der Waals surface area contributed by atoms with Crippen molar-refractivity contribution in [3.63, 3.8) is 0 Å². The summed E-state index contributed by atoms with van der Waals surface area (Å²) >= 11 is 8.49. The largest absolute Gasteiger partial charge is 0.296 e. The van der Waals surface area contributed by atoms with Crippen LogP contribution in [0.3, 0.4) is 0 Å². The molecular weight excluding hydrogens is 426 g/mol. The minimum Gasteiger partial charge on any atom is -0.296 e. The van der Waals surface area contributed by atoms with Crippen LogP contribution < -0.4 is 5.32 Å². The summed E-state index contributed by atoms with van der Waals surface area (Å²) in [6, 6.07) is 9.99. The van der Waals surface area contributed by atoms with Crippen LogP contribution >= 0.6 is 34.7 Å². The van der Waals surface area contributed by atoms with Crippen LogP contribution in [0.4, 0.5) is 13.9 Å². The number of amides is 1. The number of benzene rings is 2. The lowest BCUT2D eigenvalue weighted by molar-refractivity contribution is 0.102. The third-order valence-corrected chi connectivity index (χ3v) is 5.87. The van der Waals surface area contributed by atoms with Crippen molar-refractivity contribution >= 4 is 56.6 Å². The molecule has 0 unspecified atom stereocenters. The molecule has 0 aliphatic carbocycles. The summed E-state index contributed by atoms with van der Waals surface area (Å²) in [5.41, 5.74) is 0.477. The second kappa shape index (κ2) is 7.78. The highest BCUT2D eigenvalue weighted by Gasteiger charge is 2.16. The summed E-state index contributed by atoms with van der Waals surface area (Å²) < 4.78 is 27.3. The standard InChI is InChI=1S/C18H9ClF2N4OS2/c19-9-1-3-12-14(7-9)22-6-5-15(12)27-18-25-24-17(28-18)23-16(26)11-4-2-10(20)8-13(11)21/h1-8H,(H,23,24,26). The third kappa shape index (κ3) is 3.96. The molecule has 0 fully saturated rings. The van der Waals surface area contributed by atoms with E-state index in [1.165, 1.54) is 11.8 Å². The number of fused-ring (bicyclic) bond motifs is 1. The Morgan fingerprint density at radius 1 is 1.11 bits per heavy atom. The third-order valence-electron chi connectivity index (χ3n) is 3.66. The van der Waals surface area contributed by atoms with Crippen LogP contribution in [-0.4, -0.2) is 21.1 Å². The Kier molecular flexibility index (Phi) is 5.21. The van der Waals surface area contributed by atoms with Gasteiger partial charge in [-0.25, -0.2) is 8.78 Å². The van der Waals surface area contributed by atoms with Crippen LogP contribution in [0.1, 0.15) is 10.4 Å². The van der Waals surface area contributed by atoms with Crippen LogP contribution in [-0.2, 0) is 0 Å². The highest BCUT2D eigenvalue weighted by atomic mass is 35.5. The zero-order valence-corrected chi connectivity index (χ0v) is 16.2. The van der Waals surface area contributed by atoms with Crippen LogP contribution in [0.2, 0.25) is 5.02 Å². The van der Waals surface area contributed by atoms with E-state index in [-0.39, 0.29) is 10.7 Å². The van der Waals surface area contributed by atoms with E-state index in [1.807, 2.05) is 12.1 Å². The molecule has 0 bridgehead atoms. The first-order chi connectivity index (χ1) is 13.5. The van der Waals surface area contributed by atoms with Gasteiger partial charge in [0, 0.05) is 27.6 Å². The summed E-state index contributed by atoms with van der Waals surface area (Å²) in [4.78, 5) is 17.3. The van der Waals surface area contributed by atoms with E-state index in [0.717, 1.165) is 39.3 Å².